The lowest BCUT2D eigenvalue weighted by Crippen LogP contribution is -2.35. The molecule has 220 valence electrons. The highest BCUT2D eigenvalue weighted by Crippen LogP contribution is 2.40. The van der Waals surface area contributed by atoms with Crippen LogP contribution in [0.2, 0.25) is 0 Å². The van der Waals surface area contributed by atoms with Crippen LogP contribution in [0, 0.1) is 0 Å². The van der Waals surface area contributed by atoms with E-state index in [4.69, 9.17) is 4.74 Å². The van der Waals surface area contributed by atoms with E-state index in [1.807, 2.05) is 82.8 Å². The molecule has 0 aliphatic carbocycles. The van der Waals surface area contributed by atoms with Gasteiger partial charge in [-0.25, -0.2) is 0 Å². The number of anilines is 1. The van der Waals surface area contributed by atoms with Crippen LogP contribution in [0.1, 0.15) is 69.1 Å². The van der Waals surface area contributed by atoms with Crippen LogP contribution < -0.4 is 15.5 Å². The first-order chi connectivity index (χ1) is 20.0. The second-order valence-electron chi connectivity index (χ2n) is 11.2. The van der Waals surface area contributed by atoms with Crippen molar-refractivity contribution < 1.29 is 19.4 Å². The van der Waals surface area contributed by atoms with E-state index >= 15 is 0 Å². The normalized spacial score (nSPS) is 12.4. The zero-order chi connectivity index (χ0) is 30.6. The standard InChI is InChI=1S/C34H39N3O5/c1-7-37(8-2)30(33(40)41)25-19-29(36-32(39)26-20-35-28-13-11-10-12-23(28)31(26)38)24(18-27(25)34(4,5)6)21-14-16-22(17-15-21)42-9-3/h10-20,30H,7-9H2,1-6H3,(H,35,38)(H,36,39)(H,40,41). The third-order valence-corrected chi connectivity index (χ3v) is 7.46. The van der Waals surface area contributed by atoms with E-state index in [0.29, 0.717) is 47.4 Å². The Hall–Kier alpha value is -4.43. The number of nitrogens with zero attached hydrogens (tertiary/aromatic N) is 1. The fraction of sp³-hybridized carbons (Fsp3) is 0.324. The molecular weight excluding hydrogens is 530 g/mol. The summed E-state index contributed by atoms with van der Waals surface area (Å²) in [6.07, 6.45) is 1.41. The molecule has 8 nitrogen and oxygen atoms in total. The van der Waals surface area contributed by atoms with E-state index in [2.05, 4.69) is 10.3 Å². The number of carboxylic acid groups (broad SMARTS) is 1. The number of likely N-dealkylation sites (N-methyl/N-ethyl adjacent to an activating group) is 1. The minimum Gasteiger partial charge on any atom is -0.494 e. The van der Waals surface area contributed by atoms with E-state index in [1.54, 1.807) is 24.3 Å². The number of H-pyrrole nitrogens is 1. The van der Waals surface area contributed by atoms with E-state index < -0.39 is 23.3 Å². The van der Waals surface area contributed by atoms with Gasteiger partial charge in [-0.3, -0.25) is 19.3 Å². The van der Waals surface area contributed by atoms with Gasteiger partial charge in [0.05, 0.1) is 6.61 Å². The Morgan fingerprint density at radius 1 is 1.00 bits per heavy atom. The van der Waals surface area contributed by atoms with Crippen molar-refractivity contribution in [3.05, 3.63) is 93.8 Å². The molecule has 4 rings (SSSR count). The summed E-state index contributed by atoms with van der Waals surface area (Å²) >= 11 is 0. The highest BCUT2D eigenvalue weighted by atomic mass is 16.5. The first-order valence-corrected chi connectivity index (χ1v) is 14.3. The van der Waals surface area contributed by atoms with Crippen LogP contribution in [0.5, 0.6) is 5.75 Å². The molecular formula is C34H39N3O5. The molecule has 3 aromatic carbocycles. The molecule has 1 unspecified atom stereocenters. The zero-order valence-electron chi connectivity index (χ0n) is 25.1. The number of carboxylic acids is 1. The number of pyridine rings is 1. The Balaban J connectivity index is 1.94. The smallest absolute Gasteiger partial charge is 0.325 e. The summed E-state index contributed by atoms with van der Waals surface area (Å²) in [5.41, 5.74) is 3.19. The van der Waals surface area contributed by atoms with Gasteiger partial charge >= 0.3 is 5.97 Å². The van der Waals surface area contributed by atoms with Crippen molar-refractivity contribution >= 4 is 28.5 Å². The van der Waals surface area contributed by atoms with E-state index in [0.717, 1.165) is 16.9 Å². The van der Waals surface area contributed by atoms with Crippen molar-refractivity contribution in [2.75, 3.05) is 25.0 Å². The molecule has 0 radical (unpaired) electrons. The Bertz CT molecular complexity index is 1650. The lowest BCUT2D eigenvalue weighted by Gasteiger charge is -2.33. The van der Waals surface area contributed by atoms with Crippen LogP contribution in [-0.4, -0.2) is 46.6 Å². The van der Waals surface area contributed by atoms with Crippen LogP contribution in [-0.2, 0) is 10.2 Å². The maximum absolute atomic E-state index is 13.7. The molecule has 1 heterocycles. The molecule has 42 heavy (non-hydrogen) atoms. The van der Waals surface area contributed by atoms with Gasteiger partial charge in [-0.15, -0.1) is 0 Å². The number of aromatic amines is 1. The van der Waals surface area contributed by atoms with Crippen molar-refractivity contribution in [1.82, 2.24) is 9.88 Å². The minimum absolute atomic E-state index is 0.0358. The van der Waals surface area contributed by atoms with Gasteiger partial charge < -0.3 is 20.1 Å². The van der Waals surface area contributed by atoms with Gasteiger partial charge in [0.15, 0.2) is 0 Å². The average Bonchev–Trinajstić information content (AvgIpc) is 2.96. The van der Waals surface area contributed by atoms with Gasteiger partial charge in [0.2, 0.25) is 5.43 Å². The minimum atomic E-state index is -0.971. The number of ether oxygens (including phenoxy) is 1. The molecule has 0 saturated carbocycles. The van der Waals surface area contributed by atoms with Crippen molar-refractivity contribution in [2.24, 2.45) is 0 Å². The lowest BCUT2D eigenvalue weighted by atomic mass is 9.79. The molecule has 0 saturated heterocycles. The zero-order valence-corrected chi connectivity index (χ0v) is 25.1. The molecule has 0 bridgehead atoms. The Kier molecular flexibility index (Phi) is 9.17. The summed E-state index contributed by atoms with van der Waals surface area (Å²) in [6.45, 7) is 13.5. The molecule has 0 aliphatic heterocycles. The first-order valence-electron chi connectivity index (χ1n) is 14.3. The second kappa shape index (κ2) is 12.6. The maximum Gasteiger partial charge on any atom is 0.325 e. The molecule has 0 spiro atoms. The third kappa shape index (κ3) is 6.24. The molecule has 1 amide bonds. The SMILES string of the molecule is CCOc1ccc(-c2cc(C(C)(C)C)c(C(C(=O)O)N(CC)CC)cc2NC(=O)c2c[nH]c3ccccc3c2=O)cc1. The molecule has 1 atom stereocenters. The van der Waals surface area contributed by atoms with Gasteiger partial charge in [-0.1, -0.05) is 58.9 Å². The summed E-state index contributed by atoms with van der Waals surface area (Å²) in [6, 6.07) is 17.3. The number of fused-ring (bicyclic) bond motifs is 1. The summed E-state index contributed by atoms with van der Waals surface area (Å²) in [4.78, 5) is 44.6. The van der Waals surface area contributed by atoms with E-state index in [-0.39, 0.29) is 11.0 Å². The monoisotopic (exact) mass is 569 g/mol. The number of aromatic nitrogens is 1. The number of rotatable bonds is 10. The van der Waals surface area contributed by atoms with Crippen LogP contribution in [0.15, 0.2) is 71.7 Å². The number of benzene rings is 3. The largest absolute Gasteiger partial charge is 0.494 e. The number of hydrogen-bond acceptors (Lipinski definition) is 5. The highest BCUT2D eigenvalue weighted by Gasteiger charge is 2.33. The number of amides is 1. The summed E-state index contributed by atoms with van der Waals surface area (Å²) < 4.78 is 5.62. The van der Waals surface area contributed by atoms with Crippen molar-refractivity contribution in [2.45, 2.75) is 53.0 Å². The molecule has 0 aliphatic rings. The van der Waals surface area contributed by atoms with Crippen LogP contribution in [0.25, 0.3) is 22.0 Å². The van der Waals surface area contributed by atoms with E-state index in [1.165, 1.54) is 6.20 Å². The average molecular weight is 570 g/mol. The van der Waals surface area contributed by atoms with Crippen LogP contribution in [0.4, 0.5) is 5.69 Å². The second-order valence-corrected chi connectivity index (χ2v) is 11.2. The number of para-hydroxylation sites is 1. The third-order valence-electron chi connectivity index (χ3n) is 7.46. The Morgan fingerprint density at radius 3 is 2.26 bits per heavy atom. The molecule has 0 fully saturated rings. The van der Waals surface area contributed by atoms with Crippen molar-refractivity contribution in [3.63, 3.8) is 0 Å². The topological polar surface area (TPSA) is 112 Å². The summed E-state index contributed by atoms with van der Waals surface area (Å²) in [7, 11) is 0. The predicted molar refractivity (Wildman–Crippen MR) is 168 cm³/mol. The molecule has 8 heteroatoms. The Labute approximate surface area is 246 Å². The number of nitrogens with one attached hydrogen (secondary N) is 2. The first kappa shape index (κ1) is 30.5. The molecule has 1 aromatic heterocycles. The van der Waals surface area contributed by atoms with Crippen molar-refractivity contribution in [3.8, 4) is 16.9 Å². The summed E-state index contributed by atoms with van der Waals surface area (Å²) in [5.74, 6) is -0.839. The summed E-state index contributed by atoms with van der Waals surface area (Å²) in [5, 5.41) is 13.8. The number of aliphatic carboxylic acids is 1. The number of carbonyl (C=O) groups excluding carboxylic acids is 1. The van der Waals surface area contributed by atoms with Gasteiger partial charge in [0.1, 0.15) is 17.4 Å². The van der Waals surface area contributed by atoms with E-state index in [9.17, 15) is 19.5 Å². The fourth-order valence-electron chi connectivity index (χ4n) is 5.33. The van der Waals surface area contributed by atoms with Crippen LogP contribution in [0.3, 0.4) is 0 Å². The van der Waals surface area contributed by atoms with Gasteiger partial charge in [0.25, 0.3) is 5.91 Å². The number of carbonyl (C=O) groups is 2. The Morgan fingerprint density at radius 2 is 1.67 bits per heavy atom. The van der Waals surface area contributed by atoms with Gasteiger partial charge in [-0.05, 0) is 78.5 Å². The fourth-order valence-corrected chi connectivity index (χ4v) is 5.33. The van der Waals surface area contributed by atoms with Crippen LogP contribution >= 0.6 is 0 Å². The molecule has 3 N–H and O–H groups in total. The lowest BCUT2D eigenvalue weighted by molar-refractivity contribution is -0.143. The predicted octanol–water partition coefficient (Wildman–Crippen LogP) is 6.61. The number of hydrogen-bond donors (Lipinski definition) is 3. The molecule has 4 aromatic rings. The van der Waals surface area contributed by atoms with Gasteiger partial charge in [-0.2, -0.15) is 0 Å². The quantitative estimate of drug-likeness (QED) is 0.198. The highest BCUT2D eigenvalue weighted by molar-refractivity contribution is 6.07. The van der Waals surface area contributed by atoms with Crippen molar-refractivity contribution in [1.29, 1.82) is 0 Å². The van der Waals surface area contributed by atoms with Gasteiger partial charge in [0, 0.05) is 28.4 Å². The maximum atomic E-state index is 13.7.